The van der Waals surface area contributed by atoms with E-state index in [1.54, 1.807) is 0 Å². The highest BCUT2D eigenvalue weighted by Crippen LogP contribution is 2.33. The van der Waals surface area contributed by atoms with Crippen LogP contribution in [-0.4, -0.2) is 33.4 Å². The molecule has 42 heavy (non-hydrogen) atoms. The van der Waals surface area contributed by atoms with Crippen LogP contribution in [-0.2, 0) is 13.1 Å². The minimum atomic E-state index is -0.234. The van der Waals surface area contributed by atoms with Crippen molar-refractivity contribution in [3.63, 3.8) is 0 Å². The van der Waals surface area contributed by atoms with Crippen molar-refractivity contribution in [1.29, 1.82) is 0 Å². The Hall–Kier alpha value is -3.93. The summed E-state index contributed by atoms with van der Waals surface area (Å²) in [5.41, 5.74) is 6.10. The summed E-state index contributed by atoms with van der Waals surface area (Å²) < 4.78 is 2.26. The molecule has 0 fully saturated rings. The van der Waals surface area contributed by atoms with Crippen LogP contribution in [0, 0.1) is 12.8 Å². The summed E-state index contributed by atoms with van der Waals surface area (Å²) in [6.45, 7) is 9.25. The summed E-state index contributed by atoms with van der Waals surface area (Å²) in [6.07, 6.45) is 0.818. The Labute approximate surface area is 254 Å². The van der Waals surface area contributed by atoms with E-state index in [4.69, 9.17) is 16.6 Å². The van der Waals surface area contributed by atoms with Gasteiger partial charge in [0.2, 0.25) is 0 Å². The van der Waals surface area contributed by atoms with Crippen LogP contribution in [0.25, 0.3) is 11.0 Å². The highest BCUT2D eigenvalue weighted by Gasteiger charge is 2.33. The van der Waals surface area contributed by atoms with Crippen molar-refractivity contribution < 1.29 is 4.79 Å². The van der Waals surface area contributed by atoms with Gasteiger partial charge in [-0.25, -0.2) is 4.98 Å². The van der Waals surface area contributed by atoms with Gasteiger partial charge >= 0.3 is 0 Å². The third-order valence-corrected chi connectivity index (χ3v) is 7.87. The molecule has 1 atom stereocenters. The van der Waals surface area contributed by atoms with Gasteiger partial charge in [0.15, 0.2) is 0 Å². The number of imidazole rings is 1. The number of rotatable bonds is 12. The van der Waals surface area contributed by atoms with Crippen molar-refractivity contribution in [1.82, 2.24) is 19.8 Å². The Morgan fingerprint density at radius 2 is 1.57 bits per heavy atom. The molecule has 0 aliphatic carbocycles. The molecule has 0 aliphatic heterocycles. The highest BCUT2D eigenvalue weighted by atomic mass is 35.5. The van der Waals surface area contributed by atoms with E-state index >= 15 is 0 Å². The largest absolute Gasteiger partial charge is 0.328 e. The molecule has 1 aromatic heterocycles. The number of nitrogens with zero attached hydrogens (tertiary/aromatic N) is 3. The third kappa shape index (κ3) is 7.10. The zero-order valence-electron chi connectivity index (χ0n) is 24.6. The molecule has 0 radical (unpaired) electrons. The Kier molecular flexibility index (Phi) is 9.73. The molecule has 0 saturated heterocycles. The molecule has 216 valence electrons. The summed E-state index contributed by atoms with van der Waals surface area (Å²) in [7, 11) is 0. The maximum atomic E-state index is 14.2. The standard InChI is InChI=1S/C36H39ClN4O/c1-26(2)34(35-39-32-23-31(37)19-20-33(32)41(35)25-29-13-8-5-9-14-29)40(36(42)30-17-15-27(3)16-18-30)22-10-21-38-24-28-11-6-4-7-12-28/h4-9,11-20,23,26,34,38H,10,21-22,24-25H2,1-3H3/t34-/m1/s1. The first-order chi connectivity index (χ1) is 20.4. The molecule has 1 heterocycles. The average molecular weight is 579 g/mol. The van der Waals surface area contributed by atoms with Crippen molar-refractivity contribution in [2.75, 3.05) is 13.1 Å². The number of carbonyl (C=O) groups excluding carboxylic acids is 1. The molecule has 0 aliphatic rings. The molecule has 5 nitrogen and oxygen atoms in total. The number of nitrogens with one attached hydrogen (secondary N) is 1. The van der Waals surface area contributed by atoms with Crippen LogP contribution in [0.5, 0.6) is 0 Å². The molecule has 5 rings (SSSR count). The van der Waals surface area contributed by atoms with E-state index in [9.17, 15) is 4.79 Å². The molecule has 5 aromatic rings. The molecule has 0 bridgehead atoms. The first kappa shape index (κ1) is 29.6. The lowest BCUT2D eigenvalue weighted by molar-refractivity contribution is 0.0603. The topological polar surface area (TPSA) is 50.2 Å². The molecule has 1 amide bonds. The van der Waals surface area contributed by atoms with Gasteiger partial charge in [-0.15, -0.1) is 0 Å². The predicted molar refractivity (Wildman–Crippen MR) is 173 cm³/mol. The molecule has 6 heteroatoms. The zero-order valence-corrected chi connectivity index (χ0v) is 25.4. The zero-order chi connectivity index (χ0) is 29.5. The van der Waals surface area contributed by atoms with Crippen LogP contribution in [0.2, 0.25) is 5.02 Å². The number of carbonyl (C=O) groups is 1. The van der Waals surface area contributed by atoms with Crippen LogP contribution in [0.15, 0.2) is 103 Å². The van der Waals surface area contributed by atoms with Crippen LogP contribution in [0.4, 0.5) is 0 Å². The van der Waals surface area contributed by atoms with Crippen LogP contribution < -0.4 is 5.32 Å². The van der Waals surface area contributed by atoms with Gasteiger partial charge in [0.1, 0.15) is 5.82 Å². The van der Waals surface area contributed by atoms with Gasteiger partial charge in [-0.1, -0.05) is 104 Å². The number of benzene rings is 4. The minimum absolute atomic E-state index is 0.0214. The minimum Gasteiger partial charge on any atom is -0.328 e. The van der Waals surface area contributed by atoms with Crippen molar-refractivity contribution in [2.24, 2.45) is 5.92 Å². The lowest BCUT2D eigenvalue weighted by Gasteiger charge is -2.35. The van der Waals surface area contributed by atoms with Crippen LogP contribution >= 0.6 is 11.6 Å². The average Bonchev–Trinajstić information content (AvgIpc) is 3.33. The summed E-state index contributed by atoms with van der Waals surface area (Å²) >= 11 is 6.41. The smallest absolute Gasteiger partial charge is 0.254 e. The number of fused-ring (bicyclic) bond motifs is 1. The van der Waals surface area contributed by atoms with Crippen molar-refractivity contribution >= 4 is 28.5 Å². The second-order valence-corrected chi connectivity index (χ2v) is 11.7. The Bertz CT molecular complexity index is 1600. The summed E-state index contributed by atoms with van der Waals surface area (Å²) in [6, 6.07) is 34.3. The van der Waals surface area contributed by atoms with Crippen LogP contribution in [0.3, 0.4) is 0 Å². The van der Waals surface area contributed by atoms with E-state index in [-0.39, 0.29) is 17.9 Å². The second-order valence-electron chi connectivity index (χ2n) is 11.2. The highest BCUT2D eigenvalue weighted by molar-refractivity contribution is 6.31. The molecule has 1 N–H and O–H groups in total. The number of halogens is 1. The monoisotopic (exact) mass is 578 g/mol. The lowest BCUT2D eigenvalue weighted by Crippen LogP contribution is -2.40. The van der Waals surface area contributed by atoms with Gasteiger partial charge in [0.25, 0.3) is 5.91 Å². The van der Waals surface area contributed by atoms with Gasteiger partial charge in [0, 0.05) is 30.2 Å². The summed E-state index contributed by atoms with van der Waals surface area (Å²) in [5.74, 6) is 1.02. The van der Waals surface area contributed by atoms with E-state index in [2.05, 4.69) is 72.3 Å². The summed E-state index contributed by atoms with van der Waals surface area (Å²) in [5, 5.41) is 4.20. The first-order valence-electron chi connectivity index (χ1n) is 14.7. The fraction of sp³-hybridized carbons (Fsp3) is 0.278. The van der Waals surface area contributed by atoms with E-state index in [0.717, 1.165) is 41.9 Å². The number of aromatic nitrogens is 2. The molecule has 0 unspecified atom stereocenters. The van der Waals surface area contributed by atoms with Crippen LogP contribution in [0.1, 0.15) is 59.2 Å². The fourth-order valence-electron chi connectivity index (χ4n) is 5.51. The van der Waals surface area contributed by atoms with Gasteiger partial charge < -0.3 is 14.8 Å². The molecule has 0 saturated carbocycles. The SMILES string of the molecule is Cc1ccc(C(=O)N(CCCNCc2ccccc2)[C@@H](c2nc3cc(Cl)ccc3n2Cc2ccccc2)C(C)C)cc1. The van der Waals surface area contributed by atoms with Gasteiger partial charge in [0.05, 0.1) is 17.1 Å². The number of aryl methyl sites for hydroxylation is 1. The van der Waals surface area contributed by atoms with E-state index in [1.807, 2.05) is 66.4 Å². The maximum Gasteiger partial charge on any atom is 0.254 e. The number of hydrogen-bond acceptors (Lipinski definition) is 3. The maximum absolute atomic E-state index is 14.2. The van der Waals surface area contributed by atoms with Gasteiger partial charge in [-0.3, -0.25) is 4.79 Å². The van der Waals surface area contributed by atoms with Crippen molar-refractivity contribution in [3.8, 4) is 0 Å². The Balaban J connectivity index is 1.50. The molecule has 0 spiro atoms. The molecular weight excluding hydrogens is 540 g/mol. The number of amides is 1. The summed E-state index contributed by atoms with van der Waals surface area (Å²) in [4.78, 5) is 21.4. The third-order valence-electron chi connectivity index (χ3n) is 7.64. The molecular formula is C36H39ClN4O. The predicted octanol–water partition coefficient (Wildman–Crippen LogP) is 8.07. The van der Waals surface area contributed by atoms with Crippen molar-refractivity contribution in [2.45, 2.75) is 46.3 Å². The lowest BCUT2D eigenvalue weighted by atomic mass is 9.99. The number of hydrogen-bond donors (Lipinski definition) is 1. The Morgan fingerprint density at radius 1 is 0.905 bits per heavy atom. The van der Waals surface area contributed by atoms with E-state index < -0.39 is 0 Å². The second kappa shape index (κ2) is 13.8. The first-order valence-corrected chi connectivity index (χ1v) is 15.1. The van der Waals surface area contributed by atoms with E-state index in [1.165, 1.54) is 11.1 Å². The van der Waals surface area contributed by atoms with Crippen molar-refractivity contribution in [3.05, 3.63) is 136 Å². The van der Waals surface area contributed by atoms with Gasteiger partial charge in [-0.2, -0.15) is 0 Å². The fourth-order valence-corrected chi connectivity index (χ4v) is 5.68. The van der Waals surface area contributed by atoms with Gasteiger partial charge in [-0.05, 0) is 67.3 Å². The Morgan fingerprint density at radius 3 is 2.24 bits per heavy atom. The normalized spacial score (nSPS) is 12.1. The quantitative estimate of drug-likeness (QED) is 0.152. The molecule has 4 aromatic carbocycles. The van der Waals surface area contributed by atoms with E-state index in [0.29, 0.717) is 23.7 Å².